The lowest BCUT2D eigenvalue weighted by Gasteiger charge is -2.33. The number of carbonyl (C=O) groups is 2. The van der Waals surface area contributed by atoms with E-state index in [1.165, 1.54) is 12.1 Å². The molecule has 7 heteroatoms. The molecule has 0 aromatic heterocycles. The molecule has 1 fully saturated rings. The van der Waals surface area contributed by atoms with E-state index in [-0.39, 0.29) is 11.8 Å². The standard InChI is InChI=1S/C18H24FIN2O3/c1-18(2,3)25-17(24)21-10-12-5-4-8-22(11-12)16(23)14-9-13(19)6-7-15(14)20/h6-7,9,12H,4-5,8,10-11H2,1-3H3,(H,21,24). The molecule has 0 spiro atoms. The minimum Gasteiger partial charge on any atom is -0.444 e. The Balaban J connectivity index is 1.93. The summed E-state index contributed by atoms with van der Waals surface area (Å²) in [5.41, 5.74) is -0.145. The number of rotatable bonds is 3. The first-order valence-corrected chi connectivity index (χ1v) is 9.45. The van der Waals surface area contributed by atoms with Crippen molar-refractivity contribution in [3.63, 3.8) is 0 Å². The number of halogens is 2. The summed E-state index contributed by atoms with van der Waals surface area (Å²) in [5, 5.41) is 2.77. The van der Waals surface area contributed by atoms with E-state index in [0.717, 1.165) is 16.4 Å². The molecule has 5 nitrogen and oxygen atoms in total. The van der Waals surface area contributed by atoms with E-state index in [4.69, 9.17) is 4.74 Å². The fourth-order valence-electron chi connectivity index (χ4n) is 2.79. The lowest BCUT2D eigenvalue weighted by atomic mass is 9.97. The number of ether oxygens (including phenoxy) is 1. The zero-order valence-corrected chi connectivity index (χ0v) is 16.9. The number of benzene rings is 1. The van der Waals surface area contributed by atoms with Gasteiger partial charge in [-0.25, -0.2) is 9.18 Å². The number of nitrogens with zero attached hydrogens (tertiary/aromatic N) is 1. The average Bonchev–Trinajstić information content (AvgIpc) is 2.53. The Bertz CT molecular complexity index is 646. The fraction of sp³-hybridized carbons (Fsp3) is 0.556. The lowest BCUT2D eigenvalue weighted by Crippen LogP contribution is -2.44. The number of carbonyl (C=O) groups excluding carboxylic acids is 2. The molecule has 1 unspecified atom stereocenters. The van der Waals surface area contributed by atoms with Gasteiger partial charge in [0, 0.05) is 23.2 Å². The second kappa shape index (κ2) is 8.33. The van der Waals surface area contributed by atoms with Gasteiger partial charge >= 0.3 is 6.09 Å². The number of hydrogen-bond acceptors (Lipinski definition) is 3. The molecular weight excluding hydrogens is 438 g/mol. The van der Waals surface area contributed by atoms with Gasteiger partial charge in [-0.2, -0.15) is 0 Å². The molecule has 1 aliphatic rings. The zero-order valence-electron chi connectivity index (χ0n) is 14.8. The normalized spacial score (nSPS) is 18.0. The Morgan fingerprint density at radius 1 is 1.40 bits per heavy atom. The molecular formula is C18H24FIN2O3. The summed E-state index contributed by atoms with van der Waals surface area (Å²) in [6.45, 7) is 7.09. The number of alkyl carbamates (subject to hydrolysis) is 1. The van der Waals surface area contributed by atoms with Crippen LogP contribution in [0.4, 0.5) is 9.18 Å². The predicted octanol–water partition coefficient (Wildman–Crippen LogP) is 3.81. The molecule has 2 amide bonds. The van der Waals surface area contributed by atoms with Gasteiger partial charge in [0.05, 0.1) is 5.56 Å². The SMILES string of the molecule is CC(C)(C)OC(=O)NCC1CCCN(C(=O)c2cc(F)ccc2I)C1. The number of nitrogens with one attached hydrogen (secondary N) is 1. The minimum atomic E-state index is -0.535. The summed E-state index contributed by atoms with van der Waals surface area (Å²) >= 11 is 2.04. The molecule has 1 saturated heterocycles. The van der Waals surface area contributed by atoms with Crippen LogP contribution < -0.4 is 5.32 Å². The van der Waals surface area contributed by atoms with Crippen molar-refractivity contribution in [2.75, 3.05) is 19.6 Å². The van der Waals surface area contributed by atoms with E-state index >= 15 is 0 Å². The Morgan fingerprint density at radius 3 is 2.80 bits per heavy atom. The van der Waals surface area contributed by atoms with Crippen LogP contribution in [0, 0.1) is 15.3 Å². The second-order valence-electron chi connectivity index (χ2n) is 7.27. The third-order valence-corrected chi connectivity index (χ3v) is 4.84. The quantitative estimate of drug-likeness (QED) is 0.696. The Morgan fingerprint density at radius 2 is 2.12 bits per heavy atom. The van der Waals surface area contributed by atoms with Gasteiger partial charge in [0.1, 0.15) is 11.4 Å². The van der Waals surface area contributed by atoms with Gasteiger partial charge < -0.3 is 15.0 Å². The van der Waals surface area contributed by atoms with Crippen molar-refractivity contribution >= 4 is 34.6 Å². The van der Waals surface area contributed by atoms with Gasteiger partial charge in [-0.3, -0.25) is 4.79 Å². The molecule has 1 aromatic rings. The molecule has 0 radical (unpaired) electrons. The molecule has 1 aromatic carbocycles. The van der Waals surface area contributed by atoms with Gasteiger partial charge in [0.25, 0.3) is 5.91 Å². The van der Waals surface area contributed by atoms with Crippen molar-refractivity contribution in [2.24, 2.45) is 5.92 Å². The maximum absolute atomic E-state index is 13.5. The summed E-state index contributed by atoms with van der Waals surface area (Å²) < 4.78 is 19.4. The van der Waals surface area contributed by atoms with Crippen LogP contribution in [0.3, 0.4) is 0 Å². The molecule has 25 heavy (non-hydrogen) atoms. The summed E-state index contributed by atoms with van der Waals surface area (Å²) in [7, 11) is 0. The Labute approximate surface area is 161 Å². The van der Waals surface area contributed by atoms with Crippen LogP contribution in [0.1, 0.15) is 44.0 Å². The van der Waals surface area contributed by atoms with E-state index in [1.54, 1.807) is 11.0 Å². The van der Waals surface area contributed by atoms with Crippen LogP contribution in [0.5, 0.6) is 0 Å². The first kappa shape index (κ1) is 19.9. The maximum Gasteiger partial charge on any atom is 0.407 e. The van der Waals surface area contributed by atoms with Gasteiger partial charge in [0.15, 0.2) is 0 Å². The summed E-state index contributed by atoms with van der Waals surface area (Å²) in [5.74, 6) is -0.411. The highest BCUT2D eigenvalue weighted by atomic mass is 127. The van der Waals surface area contributed by atoms with Crippen LogP contribution in [0.25, 0.3) is 0 Å². The van der Waals surface area contributed by atoms with E-state index in [0.29, 0.717) is 25.2 Å². The molecule has 2 rings (SSSR count). The highest BCUT2D eigenvalue weighted by Crippen LogP contribution is 2.21. The van der Waals surface area contributed by atoms with E-state index in [1.807, 2.05) is 43.4 Å². The highest BCUT2D eigenvalue weighted by molar-refractivity contribution is 14.1. The smallest absolute Gasteiger partial charge is 0.407 e. The van der Waals surface area contributed by atoms with Crippen molar-refractivity contribution in [3.8, 4) is 0 Å². The van der Waals surface area contributed by atoms with Crippen molar-refractivity contribution in [3.05, 3.63) is 33.1 Å². The third kappa shape index (κ3) is 6.13. The fourth-order valence-corrected chi connectivity index (χ4v) is 3.36. The first-order chi connectivity index (χ1) is 11.7. The van der Waals surface area contributed by atoms with Crippen molar-refractivity contribution < 1.29 is 18.7 Å². The number of piperidine rings is 1. The number of hydrogen-bond donors (Lipinski definition) is 1. The number of amides is 2. The topological polar surface area (TPSA) is 58.6 Å². The Kier molecular flexibility index (Phi) is 6.65. The average molecular weight is 462 g/mol. The van der Waals surface area contributed by atoms with Gasteiger partial charge in [-0.05, 0) is 80.3 Å². The largest absolute Gasteiger partial charge is 0.444 e. The molecule has 0 bridgehead atoms. The Hall–Kier alpha value is -1.38. The van der Waals surface area contributed by atoms with Crippen LogP contribution in [0.2, 0.25) is 0 Å². The molecule has 1 aliphatic heterocycles. The van der Waals surface area contributed by atoms with Crippen molar-refractivity contribution in [1.82, 2.24) is 10.2 Å². The second-order valence-corrected chi connectivity index (χ2v) is 8.43. The molecule has 0 saturated carbocycles. The summed E-state index contributed by atoms with van der Waals surface area (Å²) in [6.07, 6.45) is 1.34. The molecule has 1 N–H and O–H groups in total. The van der Waals surface area contributed by atoms with Crippen LogP contribution in [-0.4, -0.2) is 42.1 Å². The summed E-state index contributed by atoms with van der Waals surface area (Å²) in [4.78, 5) is 26.2. The first-order valence-electron chi connectivity index (χ1n) is 8.37. The van der Waals surface area contributed by atoms with Crippen molar-refractivity contribution in [1.29, 1.82) is 0 Å². The van der Waals surface area contributed by atoms with Crippen LogP contribution in [0.15, 0.2) is 18.2 Å². The predicted molar refractivity (Wildman–Crippen MR) is 102 cm³/mol. The maximum atomic E-state index is 13.5. The molecule has 0 aliphatic carbocycles. The third-order valence-electron chi connectivity index (χ3n) is 3.90. The highest BCUT2D eigenvalue weighted by Gasteiger charge is 2.26. The minimum absolute atomic E-state index is 0.161. The van der Waals surface area contributed by atoms with E-state index in [2.05, 4.69) is 5.32 Å². The van der Waals surface area contributed by atoms with Gasteiger partial charge in [0.2, 0.25) is 0 Å². The molecule has 1 atom stereocenters. The van der Waals surface area contributed by atoms with E-state index < -0.39 is 17.5 Å². The van der Waals surface area contributed by atoms with Gasteiger partial charge in [-0.1, -0.05) is 0 Å². The number of likely N-dealkylation sites (tertiary alicyclic amines) is 1. The summed E-state index contributed by atoms with van der Waals surface area (Å²) in [6, 6.07) is 4.24. The van der Waals surface area contributed by atoms with E-state index in [9.17, 15) is 14.0 Å². The molecule has 1 heterocycles. The molecule has 138 valence electrons. The van der Waals surface area contributed by atoms with Crippen molar-refractivity contribution in [2.45, 2.75) is 39.2 Å². The lowest BCUT2D eigenvalue weighted by molar-refractivity contribution is 0.0502. The zero-order chi connectivity index (χ0) is 18.6. The van der Waals surface area contributed by atoms with Gasteiger partial charge in [-0.15, -0.1) is 0 Å². The van der Waals surface area contributed by atoms with Crippen LogP contribution in [-0.2, 0) is 4.74 Å². The van der Waals surface area contributed by atoms with Crippen LogP contribution >= 0.6 is 22.6 Å². The monoisotopic (exact) mass is 462 g/mol.